The average molecular weight is 384 g/mol. The molecule has 0 unspecified atom stereocenters. The molecule has 0 aromatic heterocycles. The Morgan fingerprint density at radius 3 is 2.46 bits per heavy atom. The molecule has 1 heterocycles. The smallest absolute Gasteiger partial charge is 0.315 e. The summed E-state index contributed by atoms with van der Waals surface area (Å²) >= 11 is 0. The fourth-order valence-corrected chi connectivity index (χ4v) is 4.08. The van der Waals surface area contributed by atoms with E-state index in [0.717, 1.165) is 6.42 Å². The first kappa shape index (κ1) is 20.7. The second-order valence-electron chi connectivity index (χ2n) is 6.80. The highest BCUT2D eigenvalue weighted by Crippen LogP contribution is 2.27. The van der Waals surface area contributed by atoms with Crippen molar-refractivity contribution in [3.63, 3.8) is 0 Å². The van der Waals surface area contributed by atoms with Crippen LogP contribution in [0.1, 0.15) is 24.8 Å². The number of rotatable bonds is 8. The third kappa shape index (κ3) is 6.26. The largest absolute Gasteiger partial charge is 0.385 e. The van der Waals surface area contributed by atoms with Gasteiger partial charge < -0.3 is 15.4 Å². The van der Waals surface area contributed by atoms with E-state index in [4.69, 9.17) is 4.74 Å². The van der Waals surface area contributed by atoms with E-state index in [2.05, 4.69) is 10.6 Å². The molecule has 146 valence electrons. The van der Waals surface area contributed by atoms with Crippen LogP contribution in [0.5, 0.6) is 0 Å². The average Bonchev–Trinajstić information content (AvgIpc) is 2.60. The molecule has 7 nitrogen and oxygen atoms in total. The van der Waals surface area contributed by atoms with Crippen molar-refractivity contribution < 1.29 is 17.9 Å². The number of sulfonamides is 1. The van der Waals surface area contributed by atoms with Crippen LogP contribution in [0.2, 0.25) is 0 Å². The third-order valence-electron chi connectivity index (χ3n) is 4.85. The maximum atomic E-state index is 12.4. The van der Waals surface area contributed by atoms with Crippen LogP contribution in [0.3, 0.4) is 0 Å². The molecule has 1 aliphatic rings. The van der Waals surface area contributed by atoms with Gasteiger partial charge in [0.15, 0.2) is 0 Å². The van der Waals surface area contributed by atoms with Crippen LogP contribution in [0.4, 0.5) is 4.79 Å². The summed E-state index contributed by atoms with van der Waals surface area (Å²) in [4.78, 5) is 12.4. The molecular formula is C18H29N3O4S. The molecule has 1 aliphatic heterocycles. The van der Waals surface area contributed by atoms with Gasteiger partial charge in [0.05, 0.1) is 6.26 Å². The fourth-order valence-electron chi connectivity index (χ4n) is 3.23. The summed E-state index contributed by atoms with van der Waals surface area (Å²) in [5.41, 5.74) is 0.733. The summed E-state index contributed by atoms with van der Waals surface area (Å²) in [6, 6.07) is 9.76. The lowest BCUT2D eigenvalue weighted by molar-refractivity contribution is 0.122. The van der Waals surface area contributed by atoms with E-state index in [1.165, 1.54) is 16.1 Å². The van der Waals surface area contributed by atoms with Crippen molar-refractivity contribution in [2.75, 3.05) is 39.6 Å². The van der Waals surface area contributed by atoms with Crippen LogP contribution < -0.4 is 10.6 Å². The first-order valence-electron chi connectivity index (χ1n) is 8.89. The van der Waals surface area contributed by atoms with Gasteiger partial charge in [-0.05, 0) is 31.2 Å². The molecule has 0 spiro atoms. The highest BCUT2D eigenvalue weighted by molar-refractivity contribution is 7.88. The molecule has 2 N–H and O–H groups in total. The van der Waals surface area contributed by atoms with Gasteiger partial charge in [-0.15, -0.1) is 0 Å². The molecule has 2 amide bonds. The Kier molecular flexibility index (Phi) is 7.43. The molecule has 26 heavy (non-hydrogen) atoms. The van der Waals surface area contributed by atoms with Crippen LogP contribution in [0, 0.1) is 0 Å². The number of methoxy groups -OCH3 is 1. The first-order valence-corrected chi connectivity index (χ1v) is 10.7. The zero-order valence-corrected chi connectivity index (χ0v) is 16.3. The number of carbonyl (C=O) groups excluding carboxylic acids is 1. The molecule has 0 atom stereocenters. The second-order valence-corrected chi connectivity index (χ2v) is 8.78. The SMILES string of the molecule is COCCC1(NC(=O)NCCc2ccccc2)CCN(S(C)(=O)=O)CC1. The van der Waals surface area contributed by atoms with Crippen LogP contribution in [-0.4, -0.2) is 63.9 Å². The number of hydrogen-bond donors (Lipinski definition) is 2. The number of ether oxygens (including phenoxy) is 1. The van der Waals surface area contributed by atoms with Crippen molar-refractivity contribution in [1.82, 2.24) is 14.9 Å². The predicted molar refractivity (Wildman–Crippen MR) is 102 cm³/mol. The molecule has 0 saturated carbocycles. The Bertz CT molecular complexity index is 671. The van der Waals surface area contributed by atoms with E-state index in [1.807, 2.05) is 30.3 Å². The minimum absolute atomic E-state index is 0.218. The topological polar surface area (TPSA) is 87.7 Å². The fraction of sp³-hybridized carbons (Fsp3) is 0.611. The summed E-state index contributed by atoms with van der Waals surface area (Å²) < 4.78 is 30.1. The monoisotopic (exact) mass is 383 g/mol. The molecule has 2 rings (SSSR count). The molecular weight excluding hydrogens is 354 g/mol. The van der Waals surface area contributed by atoms with E-state index in [0.29, 0.717) is 45.5 Å². The molecule has 1 aromatic carbocycles. The van der Waals surface area contributed by atoms with Gasteiger partial charge in [0, 0.05) is 38.9 Å². The highest BCUT2D eigenvalue weighted by atomic mass is 32.2. The number of benzene rings is 1. The van der Waals surface area contributed by atoms with Crippen molar-refractivity contribution >= 4 is 16.1 Å². The quantitative estimate of drug-likeness (QED) is 0.710. The number of amides is 2. The first-order chi connectivity index (χ1) is 12.3. The lowest BCUT2D eigenvalue weighted by Crippen LogP contribution is -2.58. The highest BCUT2D eigenvalue weighted by Gasteiger charge is 2.37. The second kappa shape index (κ2) is 9.34. The maximum Gasteiger partial charge on any atom is 0.315 e. The summed E-state index contributed by atoms with van der Waals surface area (Å²) in [5, 5.41) is 5.97. The number of hydrogen-bond acceptors (Lipinski definition) is 4. The van der Waals surface area contributed by atoms with E-state index >= 15 is 0 Å². The Balaban J connectivity index is 1.87. The zero-order valence-electron chi connectivity index (χ0n) is 15.5. The van der Waals surface area contributed by atoms with Gasteiger partial charge in [0.1, 0.15) is 0 Å². The van der Waals surface area contributed by atoms with E-state index < -0.39 is 15.6 Å². The number of piperidine rings is 1. The third-order valence-corrected chi connectivity index (χ3v) is 6.16. The summed E-state index contributed by atoms with van der Waals surface area (Å²) in [6.07, 6.45) is 3.80. The number of urea groups is 1. The van der Waals surface area contributed by atoms with Gasteiger partial charge >= 0.3 is 6.03 Å². The van der Waals surface area contributed by atoms with Crippen molar-refractivity contribution in [3.8, 4) is 0 Å². The maximum absolute atomic E-state index is 12.4. The number of nitrogens with zero attached hydrogens (tertiary/aromatic N) is 1. The molecule has 0 aliphatic carbocycles. The van der Waals surface area contributed by atoms with Crippen molar-refractivity contribution in [3.05, 3.63) is 35.9 Å². The lowest BCUT2D eigenvalue weighted by atomic mass is 9.85. The van der Waals surface area contributed by atoms with Gasteiger partial charge in [-0.2, -0.15) is 0 Å². The van der Waals surface area contributed by atoms with Gasteiger partial charge in [-0.25, -0.2) is 17.5 Å². The lowest BCUT2D eigenvalue weighted by Gasteiger charge is -2.41. The van der Waals surface area contributed by atoms with E-state index in [9.17, 15) is 13.2 Å². The molecule has 8 heteroatoms. The Hall–Kier alpha value is -1.64. The van der Waals surface area contributed by atoms with Crippen LogP contribution in [0.25, 0.3) is 0 Å². The van der Waals surface area contributed by atoms with E-state index in [1.54, 1.807) is 7.11 Å². The molecule has 1 fully saturated rings. The molecule has 1 saturated heterocycles. The Morgan fingerprint density at radius 2 is 1.88 bits per heavy atom. The van der Waals surface area contributed by atoms with Crippen molar-refractivity contribution in [2.24, 2.45) is 0 Å². The minimum atomic E-state index is -3.20. The van der Waals surface area contributed by atoms with E-state index in [-0.39, 0.29) is 6.03 Å². The summed E-state index contributed by atoms with van der Waals surface area (Å²) in [5.74, 6) is 0. The van der Waals surface area contributed by atoms with Crippen LogP contribution in [0.15, 0.2) is 30.3 Å². The number of carbonyl (C=O) groups is 1. The number of nitrogens with one attached hydrogen (secondary N) is 2. The normalized spacial score (nSPS) is 17.6. The Labute approximate surface area is 156 Å². The van der Waals surface area contributed by atoms with Gasteiger partial charge in [-0.3, -0.25) is 0 Å². The van der Waals surface area contributed by atoms with Gasteiger partial charge in [-0.1, -0.05) is 30.3 Å². The Morgan fingerprint density at radius 1 is 1.23 bits per heavy atom. The summed E-state index contributed by atoms with van der Waals surface area (Å²) in [7, 11) is -1.57. The predicted octanol–water partition coefficient (Wildman–Crippen LogP) is 1.36. The van der Waals surface area contributed by atoms with Crippen LogP contribution >= 0.6 is 0 Å². The van der Waals surface area contributed by atoms with Crippen LogP contribution in [-0.2, 0) is 21.2 Å². The molecule has 0 radical (unpaired) electrons. The zero-order chi connectivity index (χ0) is 19.0. The standard InChI is InChI=1S/C18H29N3O4S/c1-25-15-11-18(9-13-21(14-10-18)26(2,23)24)20-17(22)19-12-8-16-6-4-3-5-7-16/h3-7H,8-15H2,1-2H3,(H2,19,20,22). The summed E-state index contributed by atoms with van der Waals surface area (Å²) in [6.45, 7) is 1.88. The van der Waals surface area contributed by atoms with Crippen molar-refractivity contribution in [2.45, 2.75) is 31.2 Å². The molecule has 0 bridgehead atoms. The van der Waals surface area contributed by atoms with Gasteiger partial charge in [0.25, 0.3) is 0 Å². The van der Waals surface area contributed by atoms with Crippen molar-refractivity contribution in [1.29, 1.82) is 0 Å². The van der Waals surface area contributed by atoms with Gasteiger partial charge in [0.2, 0.25) is 10.0 Å². The minimum Gasteiger partial charge on any atom is -0.385 e. The molecule has 1 aromatic rings.